The normalized spacial score (nSPS) is 10.1. The van der Waals surface area contributed by atoms with Gasteiger partial charge in [-0.3, -0.25) is 0 Å². The lowest BCUT2D eigenvalue weighted by molar-refractivity contribution is -0.434. The molecule has 1 heterocycles. The first-order valence-corrected chi connectivity index (χ1v) is 5.61. The van der Waals surface area contributed by atoms with Gasteiger partial charge in [0.1, 0.15) is 0 Å². The number of hydrogen-bond donors (Lipinski definition) is 1. The molecule has 0 saturated heterocycles. The molecule has 2 aromatic rings. The van der Waals surface area contributed by atoms with E-state index in [9.17, 15) is 4.79 Å². The Morgan fingerprint density at radius 1 is 1.20 bits per heavy atom. The number of benzene rings is 1. The van der Waals surface area contributed by atoms with Crippen LogP contribution >= 0.6 is 11.8 Å². The van der Waals surface area contributed by atoms with Crippen LogP contribution < -0.4 is 10.5 Å². The summed E-state index contributed by atoms with van der Waals surface area (Å²) in [5, 5.41) is 0.784. The van der Waals surface area contributed by atoms with E-state index in [2.05, 4.69) is 22.1 Å². The number of nitrogens with one attached hydrogen (secondary N) is 2. The van der Waals surface area contributed by atoms with Crippen LogP contribution in [0.25, 0.3) is 0 Å². The SMILES string of the molecule is O=c1cc[nH+]c(SCc2ccccc2)[nH]1. The fourth-order valence-electron chi connectivity index (χ4n) is 1.19. The van der Waals surface area contributed by atoms with Crippen molar-refractivity contribution in [3.05, 3.63) is 58.5 Å². The summed E-state index contributed by atoms with van der Waals surface area (Å²) in [7, 11) is 0. The van der Waals surface area contributed by atoms with E-state index in [1.807, 2.05) is 18.2 Å². The highest BCUT2D eigenvalue weighted by Gasteiger charge is 2.02. The number of H-pyrrole nitrogens is 2. The summed E-state index contributed by atoms with van der Waals surface area (Å²) in [5.41, 5.74) is 1.16. The van der Waals surface area contributed by atoms with Gasteiger partial charge in [0.2, 0.25) is 0 Å². The van der Waals surface area contributed by atoms with Gasteiger partial charge in [0.15, 0.2) is 0 Å². The van der Waals surface area contributed by atoms with Crippen molar-refractivity contribution in [2.24, 2.45) is 0 Å². The highest BCUT2D eigenvalue weighted by Crippen LogP contribution is 2.15. The lowest BCUT2D eigenvalue weighted by atomic mass is 10.2. The first kappa shape index (κ1) is 9.98. The van der Waals surface area contributed by atoms with Gasteiger partial charge in [-0.25, -0.2) is 14.8 Å². The number of thioether (sulfide) groups is 1. The van der Waals surface area contributed by atoms with Crippen molar-refractivity contribution < 1.29 is 4.98 Å². The lowest BCUT2D eigenvalue weighted by Crippen LogP contribution is -2.16. The van der Waals surface area contributed by atoms with Gasteiger partial charge in [0.05, 0.1) is 12.3 Å². The van der Waals surface area contributed by atoms with E-state index in [0.29, 0.717) is 0 Å². The first-order chi connectivity index (χ1) is 7.34. The third kappa shape index (κ3) is 2.95. The van der Waals surface area contributed by atoms with Gasteiger partial charge in [-0.2, -0.15) is 0 Å². The van der Waals surface area contributed by atoms with E-state index in [1.165, 1.54) is 11.6 Å². The maximum atomic E-state index is 11.0. The number of aromatic nitrogens is 2. The van der Waals surface area contributed by atoms with E-state index in [4.69, 9.17) is 0 Å². The van der Waals surface area contributed by atoms with Crippen LogP contribution in [-0.2, 0) is 5.75 Å². The van der Waals surface area contributed by atoms with E-state index < -0.39 is 0 Å². The minimum absolute atomic E-state index is 0.0793. The molecular formula is C11H11N2OS+. The molecule has 4 heteroatoms. The Kier molecular flexibility index (Phi) is 3.19. The molecule has 0 fully saturated rings. The molecule has 0 saturated carbocycles. The van der Waals surface area contributed by atoms with E-state index in [-0.39, 0.29) is 5.56 Å². The second kappa shape index (κ2) is 4.79. The van der Waals surface area contributed by atoms with E-state index in [1.54, 1.807) is 18.0 Å². The van der Waals surface area contributed by atoms with Crippen LogP contribution in [0.4, 0.5) is 0 Å². The van der Waals surface area contributed by atoms with Gasteiger partial charge in [-0.05, 0) is 17.3 Å². The van der Waals surface area contributed by atoms with Crippen LogP contribution in [0.2, 0.25) is 0 Å². The van der Waals surface area contributed by atoms with Gasteiger partial charge >= 0.3 is 10.7 Å². The summed E-state index contributed by atoms with van der Waals surface area (Å²) in [4.78, 5) is 16.7. The molecule has 3 nitrogen and oxygen atoms in total. The van der Waals surface area contributed by atoms with Gasteiger partial charge < -0.3 is 0 Å². The third-order valence-corrected chi connectivity index (χ3v) is 2.90. The molecule has 76 valence electrons. The molecule has 1 aromatic heterocycles. The largest absolute Gasteiger partial charge is 0.335 e. The van der Waals surface area contributed by atoms with Crippen LogP contribution in [-0.4, -0.2) is 4.98 Å². The monoisotopic (exact) mass is 219 g/mol. The Morgan fingerprint density at radius 2 is 2.00 bits per heavy atom. The maximum Gasteiger partial charge on any atom is 0.335 e. The molecule has 0 amide bonds. The van der Waals surface area contributed by atoms with Crippen molar-refractivity contribution in [3.63, 3.8) is 0 Å². The Labute approximate surface area is 91.6 Å². The average molecular weight is 219 g/mol. The van der Waals surface area contributed by atoms with Gasteiger partial charge in [0.25, 0.3) is 0 Å². The molecule has 0 spiro atoms. The summed E-state index contributed by atoms with van der Waals surface area (Å²) in [6, 6.07) is 11.6. The molecule has 0 aliphatic carbocycles. The minimum Gasteiger partial charge on any atom is -0.241 e. The van der Waals surface area contributed by atoms with Crippen LogP contribution in [0.3, 0.4) is 0 Å². The summed E-state index contributed by atoms with van der Waals surface area (Å²) in [6.07, 6.45) is 1.64. The summed E-state index contributed by atoms with van der Waals surface area (Å²) in [5.74, 6) is 0.845. The van der Waals surface area contributed by atoms with Gasteiger partial charge in [0, 0.05) is 5.75 Å². The Hall–Kier alpha value is -1.55. The van der Waals surface area contributed by atoms with Crippen LogP contribution in [0.1, 0.15) is 5.56 Å². The minimum atomic E-state index is -0.0793. The fourth-order valence-corrected chi connectivity index (χ4v) is 2.02. The number of aromatic amines is 2. The zero-order valence-corrected chi connectivity index (χ0v) is 8.88. The fraction of sp³-hybridized carbons (Fsp3) is 0.0909. The molecule has 0 radical (unpaired) electrons. The summed E-state index contributed by atoms with van der Waals surface area (Å²) < 4.78 is 0. The Morgan fingerprint density at radius 3 is 2.73 bits per heavy atom. The molecular weight excluding hydrogens is 208 g/mol. The van der Waals surface area contributed by atoms with Crippen molar-refractivity contribution in [1.29, 1.82) is 0 Å². The topological polar surface area (TPSA) is 47.0 Å². The average Bonchev–Trinajstić information content (AvgIpc) is 2.28. The van der Waals surface area contributed by atoms with E-state index in [0.717, 1.165) is 10.9 Å². The van der Waals surface area contributed by atoms with Crippen molar-refractivity contribution in [1.82, 2.24) is 4.98 Å². The second-order valence-corrected chi connectivity index (χ2v) is 4.06. The lowest BCUT2D eigenvalue weighted by Gasteiger charge is -1.96. The van der Waals surface area contributed by atoms with Crippen LogP contribution in [0.15, 0.2) is 52.5 Å². The van der Waals surface area contributed by atoms with E-state index >= 15 is 0 Å². The molecule has 0 aliphatic heterocycles. The maximum absolute atomic E-state index is 11.0. The molecule has 0 atom stereocenters. The Bertz CT molecular complexity index is 481. The van der Waals surface area contributed by atoms with Gasteiger partial charge in [-0.1, -0.05) is 30.3 Å². The second-order valence-electron chi connectivity index (χ2n) is 3.07. The quantitative estimate of drug-likeness (QED) is 0.628. The van der Waals surface area contributed by atoms with Crippen LogP contribution in [0.5, 0.6) is 0 Å². The van der Waals surface area contributed by atoms with Gasteiger partial charge in [-0.15, -0.1) is 0 Å². The zero-order chi connectivity index (χ0) is 10.5. The van der Waals surface area contributed by atoms with Crippen LogP contribution in [0, 0.1) is 0 Å². The number of rotatable bonds is 3. The van der Waals surface area contributed by atoms with Crippen molar-refractivity contribution >= 4 is 11.8 Å². The molecule has 15 heavy (non-hydrogen) atoms. The predicted molar refractivity (Wildman–Crippen MR) is 59.6 cm³/mol. The molecule has 0 bridgehead atoms. The predicted octanol–water partition coefficient (Wildman–Crippen LogP) is 1.48. The molecule has 1 aromatic carbocycles. The smallest absolute Gasteiger partial charge is 0.241 e. The van der Waals surface area contributed by atoms with Crippen molar-refractivity contribution in [2.45, 2.75) is 10.9 Å². The van der Waals surface area contributed by atoms with Crippen molar-refractivity contribution in [3.8, 4) is 0 Å². The summed E-state index contributed by atoms with van der Waals surface area (Å²) in [6.45, 7) is 0. The number of hydrogen-bond acceptors (Lipinski definition) is 2. The molecule has 2 rings (SSSR count). The summed E-state index contributed by atoms with van der Waals surface area (Å²) >= 11 is 1.58. The zero-order valence-electron chi connectivity index (χ0n) is 8.07. The first-order valence-electron chi connectivity index (χ1n) is 4.62. The molecule has 0 unspecified atom stereocenters. The highest BCUT2D eigenvalue weighted by atomic mass is 32.2. The van der Waals surface area contributed by atoms with Crippen molar-refractivity contribution in [2.75, 3.05) is 0 Å². The Balaban J connectivity index is 2.02. The molecule has 2 N–H and O–H groups in total. The molecule has 0 aliphatic rings. The highest BCUT2D eigenvalue weighted by molar-refractivity contribution is 7.98. The standard InChI is InChI=1S/C11H10N2OS/c14-10-6-7-12-11(13-10)15-8-9-4-2-1-3-5-9/h1-7H,8H2,(H,12,13,14)/p+1. The third-order valence-electron chi connectivity index (χ3n) is 1.91.